The second kappa shape index (κ2) is 6.36. The maximum atomic E-state index is 10.7. The third-order valence-electron chi connectivity index (χ3n) is 2.13. The predicted octanol–water partition coefficient (Wildman–Crippen LogP) is 1.11. The van der Waals surface area contributed by atoms with Gasteiger partial charge in [-0.3, -0.25) is 9.59 Å². The molecule has 1 aromatic carbocycles. The minimum Gasteiger partial charge on any atom is -0.508 e. The van der Waals surface area contributed by atoms with Crippen LogP contribution >= 0.6 is 0 Å². The average Bonchev–Trinajstić information content (AvgIpc) is 2.37. The Balaban J connectivity index is 2.87. The SMILES string of the molecule is O=CC(=O)/C=C(O)/C=C/c1ccc(O)c(CO)c1. The van der Waals surface area contributed by atoms with E-state index in [2.05, 4.69) is 0 Å². The molecule has 0 atom stereocenters. The van der Waals surface area contributed by atoms with Crippen LogP contribution in [0.1, 0.15) is 11.1 Å². The van der Waals surface area contributed by atoms with Crippen LogP contribution in [-0.4, -0.2) is 27.4 Å². The van der Waals surface area contributed by atoms with Crippen LogP contribution in [-0.2, 0) is 16.2 Å². The summed E-state index contributed by atoms with van der Waals surface area (Å²) in [7, 11) is 0. The first kappa shape index (κ1) is 13.7. The molecule has 0 bridgehead atoms. The molecule has 1 rings (SSSR count). The second-order valence-corrected chi connectivity index (χ2v) is 3.47. The maximum Gasteiger partial charge on any atom is 0.221 e. The van der Waals surface area contributed by atoms with Crippen molar-refractivity contribution in [3.05, 3.63) is 47.2 Å². The maximum absolute atomic E-state index is 10.7. The van der Waals surface area contributed by atoms with Crippen LogP contribution in [0.25, 0.3) is 6.08 Å². The van der Waals surface area contributed by atoms with E-state index >= 15 is 0 Å². The smallest absolute Gasteiger partial charge is 0.221 e. The number of carbonyl (C=O) groups excluding carboxylic acids is 2. The molecule has 0 amide bonds. The Kier molecular flexibility index (Phi) is 4.83. The standard InChI is InChI=1S/C13H12O5/c14-7-10-5-9(2-4-13(10)18)1-3-11(16)6-12(17)8-15/h1-6,8,14,16,18H,7H2/b3-1+,11-6-. The molecule has 0 unspecified atom stereocenters. The van der Waals surface area contributed by atoms with E-state index in [1.54, 1.807) is 6.07 Å². The summed E-state index contributed by atoms with van der Waals surface area (Å²) >= 11 is 0. The van der Waals surface area contributed by atoms with Crippen molar-refractivity contribution in [2.45, 2.75) is 6.61 Å². The molecule has 0 aliphatic carbocycles. The molecule has 0 radical (unpaired) electrons. The first-order valence-electron chi connectivity index (χ1n) is 5.07. The Hall–Kier alpha value is -2.40. The zero-order chi connectivity index (χ0) is 13.5. The van der Waals surface area contributed by atoms with Crippen molar-refractivity contribution in [3.8, 4) is 5.75 Å². The minimum absolute atomic E-state index is 0.0226. The van der Waals surface area contributed by atoms with E-state index in [0.29, 0.717) is 11.1 Å². The van der Waals surface area contributed by atoms with Crippen LogP contribution in [0.3, 0.4) is 0 Å². The van der Waals surface area contributed by atoms with E-state index in [9.17, 15) is 19.8 Å². The first-order valence-corrected chi connectivity index (χ1v) is 5.07. The molecule has 5 nitrogen and oxygen atoms in total. The van der Waals surface area contributed by atoms with Gasteiger partial charge < -0.3 is 15.3 Å². The summed E-state index contributed by atoms with van der Waals surface area (Å²) in [4.78, 5) is 20.7. The molecule has 0 saturated carbocycles. The lowest BCUT2D eigenvalue weighted by Crippen LogP contribution is -1.94. The number of allylic oxidation sites excluding steroid dienone is 2. The highest BCUT2D eigenvalue weighted by Crippen LogP contribution is 2.19. The number of aromatic hydroxyl groups is 1. The summed E-state index contributed by atoms with van der Waals surface area (Å²) in [6.45, 7) is -0.307. The Bertz CT molecular complexity index is 514. The zero-order valence-corrected chi connectivity index (χ0v) is 9.41. The summed E-state index contributed by atoms with van der Waals surface area (Å²) in [5.41, 5.74) is 0.972. The van der Waals surface area contributed by atoms with Gasteiger partial charge >= 0.3 is 0 Å². The van der Waals surface area contributed by atoms with Crippen molar-refractivity contribution < 1.29 is 24.9 Å². The topological polar surface area (TPSA) is 94.8 Å². The molecule has 0 aliphatic heterocycles. The van der Waals surface area contributed by atoms with Gasteiger partial charge in [0.2, 0.25) is 5.78 Å². The summed E-state index contributed by atoms with van der Waals surface area (Å²) in [6, 6.07) is 4.50. The molecule has 18 heavy (non-hydrogen) atoms. The van der Waals surface area contributed by atoms with Crippen LogP contribution in [0, 0.1) is 0 Å². The van der Waals surface area contributed by atoms with E-state index < -0.39 is 5.78 Å². The normalized spacial score (nSPS) is 11.7. The van der Waals surface area contributed by atoms with Crippen molar-refractivity contribution in [3.63, 3.8) is 0 Å². The highest BCUT2D eigenvalue weighted by Gasteiger charge is 2.00. The minimum atomic E-state index is -0.834. The summed E-state index contributed by atoms with van der Waals surface area (Å²) in [6.07, 6.45) is 3.59. The number of aldehydes is 1. The summed E-state index contributed by atoms with van der Waals surface area (Å²) in [5.74, 6) is -1.21. The molecule has 0 heterocycles. The summed E-state index contributed by atoms with van der Waals surface area (Å²) in [5, 5.41) is 27.6. The number of ketones is 1. The molecule has 94 valence electrons. The third kappa shape index (κ3) is 3.88. The van der Waals surface area contributed by atoms with Crippen LogP contribution < -0.4 is 0 Å². The first-order chi connectivity index (χ1) is 8.56. The molecule has 0 aliphatic rings. The van der Waals surface area contributed by atoms with Gasteiger partial charge in [-0.25, -0.2) is 0 Å². The molecule has 0 fully saturated rings. The Morgan fingerprint density at radius 2 is 2.06 bits per heavy atom. The van der Waals surface area contributed by atoms with Crippen molar-refractivity contribution in [1.82, 2.24) is 0 Å². The van der Waals surface area contributed by atoms with Crippen molar-refractivity contribution in [2.75, 3.05) is 0 Å². The largest absolute Gasteiger partial charge is 0.508 e. The van der Waals surface area contributed by atoms with E-state index in [4.69, 9.17) is 5.11 Å². The molecule has 3 N–H and O–H groups in total. The van der Waals surface area contributed by atoms with Gasteiger partial charge in [-0.05, 0) is 23.8 Å². The molecule has 0 aromatic heterocycles. The average molecular weight is 248 g/mol. The molecule has 5 heteroatoms. The second-order valence-electron chi connectivity index (χ2n) is 3.47. The van der Waals surface area contributed by atoms with Gasteiger partial charge in [0.05, 0.1) is 6.61 Å². The number of phenols is 1. The monoisotopic (exact) mass is 248 g/mol. The Morgan fingerprint density at radius 1 is 1.33 bits per heavy atom. The van der Waals surface area contributed by atoms with Gasteiger partial charge in [0.25, 0.3) is 0 Å². The van der Waals surface area contributed by atoms with E-state index in [1.807, 2.05) is 0 Å². The van der Waals surface area contributed by atoms with Crippen LogP contribution in [0.5, 0.6) is 5.75 Å². The van der Waals surface area contributed by atoms with E-state index in [1.165, 1.54) is 24.3 Å². The fourth-order valence-electron chi connectivity index (χ4n) is 1.25. The fourth-order valence-corrected chi connectivity index (χ4v) is 1.25. The number of aliphatic hydroxyl groups excluding tert-OH is 2. The Labute approximate surface area is 103 Å². The highest BCUT2D eigenvalue weighted by atomic mass is 16.3. The molecule has 0 spiro atoms. The van der Waals surface area contributed by atoms with Crippen LogP contribution in [0.15, 0.2) is 36.1 Å². The molecule has 0 saturated heterocycles. The summed E-state index contributed by atoms with van der Waals surface area (Å²) < 4.78 is 0. The zero-order valence-electron chi connectivity index (χ0n) is 9.41. The molecular weight excluding hydrogens is 236 g/mol. The fraction of sp³-hybridized carbons (Fsp3) is 0.0769. The number of aliphatic hydroxyl groups is 2. The predicted molar refractivity (Wildman–Crippen MR) is 64.8 cm³/mol. The lowest BCUT2D eigenvalue weighted by molar-refractivity contribution is -0.126. The van der Waals surface area contributed by atoms with Crippen molar-refractivity contribution >= 4 is 18.1 Å². The number of rotatable bonds is 5. The van der Waals surface area contributed by atoms with Gasteiger partial charge in [-0.1, -0.05) is 12.1 Å². The van der Waals surface area contributed by atoms with E-state index in [-0.39, 0.29) is 24.4 Å². The number of carbonyl (C=O) groups is 2. The van der Waals surface area contributed by atoms with Crippen LogP contribution in [0.4, 0.5) is 0 Å². The van der Waals surface area contributed by atoms with Gasteiger partial charge in [-0.15, -0.1) is 0 Å². The lowest BCUT2D eigenvalue weighted by atomic mass is 10.1. The van der Waals surface area contributed by atoms with E-state index in [0.717, 1.165) is 6.08 Å². The van der Waals surface area contributed by atoms with Crippen molar-refractivity contribution in [2.24, 2.45) is 0 Å². The number of hydrogen-bond donors (Lipinski definition) is 3. The molecule has 1 aromatic rings. The highest BCUT2D eigenvalue weighted by molar-refractivity contribution is 6.30. The van der Waals surface area contributed by atoms with Gasteiger partial charge in [0.1, 0.15) is 11.5 Å². The van der Waals surface area contributed by atoms with Crippen LogP contribution in [0.2, 0.25) is 0 Å². The van der Waals surface area contributed by atoms with Gasteiger partial charge in [0.15, 0.2) is 6.29 Å². The van der Waals surface area contributed by atoms with Gasteiger partial charge in [0, 0.05) is 11.6 Å². The quantitative estimate of drug-likeness (QED) is 0.238. The molecular formula is C13H12O5. The third-order valence-corrected chi connectivity index (χ3v) is 2.13. The number of hydrogen-bond acceptors (Lipinski definition) is 5. The van der Waals surface area contributed by atoms with Gasteiger partial charge in [-0.2, -0.15) is 0 Å². The number of benzene rings is 1. The Morgan fingerprint density at radius 3 is 2.67 bits per heavy atom. The van der Waals surface area contributed by atoms with Crippen molar-refractivity contribution in [1.29, 1.82) is 0 Å². The lowest BCUT2D eigenvalue weighted by Gasteiger charge is -2.01.